The second-order valence-corrected chi connectivity index (χ2v) is 1.86. The molecular formula is C5H8NO-. The highest BCUT2D eigenvalue weighted by Gasteiger charge is 2.07. The fraction of sp³-hybridized carbons (Fsp3) is 0.600. The van der Waals surface area contributed by atoms with E-state index in [1.807, 2.05) is 12.2 Å². The first-order valence-corrected chi connectivity index (χ1v) is 2.35. The van der Waals surface area contributed by atoms with Crippen LogP contribution in [0.4, 0.5) is 0 Å². The van der Waals surface area contributed by atoms with E-state index in [4.69, 9.17) is 0 Å². The lowest BCUT2D eigenvalue weighted by molar-refractivity contribution is 0.447. The van der Waals surface area contributed by atoms with Crippen LogP contribution in [0.3, 0.4) is 0 Å². The molecule has 0 N–H and O–H groups in total. The summed E-state index contributed by atoms with van der Waals surface area (Å²) in [5.74, 6) is 0.488. The van der Waals surface area contributed by atoms with Gasteiger partial charge in [-0.1, -0.05) is 12.2 Å². The Morgan fingerprint density at radius 2 is 2.29 bits per heavy atom. The highest BCUT2D eigenvalue weighted by atomic mass is 16.5. The largest absolute Gasteiger partial charge is 0.785 e. The van der Waals surface area contributed by atoms with Crippen LogP contribution in [0.1, 0.15) is 0 Å². The lowest BCUT2D eigenvalue weighted by atomic mass is 10.4. The summed E-state index contributed by atoms with van der Waals surface area (Å²) in [6, 6.07) is 0. The van der Waals surface area contributed by atoms with Crippen molar-refractivity contribution in [2.24, 2.45) is 5.92 Å². The summed E-state index contributed by atoms with van der Waals surface area (Å²) in [6.45, 7) is 0.639. The van der Waals surface area contributed by atoms with Crippen LogP contribution >= 0.6 is 0 Å². The monoisotopic (exact) mass is 98.1 g/mol. The van der Waals surface area contributed by atoms with Crippen LogP contribution in [0.2, 0.25) is 0 Å². The van der Waals surface area contributed by atoms with Crippen LogP contribution in [0.15, 0.2) is 12.2 Å². The molecule has 0 saturated carbocycles. The number of nitrogens with zero attached hydrogens (tertiary/aromatic N) is 1. The molecule has 0 spiro atoms. The third-order valence-electron chi connectivity index (χ3n) is 0.933. The quantitative estimate of drug-likeness (QED) is 0.373. The van der Waals surface area contributed by atoms with Crippen LogP contribution in [0.25, 0.3) is 0 Å². The van der Waals surface area contributed by atoms with Gasteiger partial charge in [0.05, 0.1) is 0 Å². The van der Waals surface area contributed by atoms with Crippen molar-refractivity contribution >= 4 is 0 Å². The first-order valence-electron chi connectivity index (χ1n) is 2.35. The first-order chi connectivity index (χ1) is 3.29. The van der Waals surface area contributed by atoms with Crippen LogP contribution in [-0.2, 0) is 0 Å². The smallest absolute Gasteiger partial charge is 0.00652 e. The highest BCUT2D eigenvalue weighted by molar-refractivity contribution is 5.14. The van der Waals surface area contributed by atoms with E-state index in [2.05, 4.69) is 0 Å². The average molecular weight is 98.1 g/mol. The number of hydroxylamine groups is 2. The molecule has 0 radical (unpaired) electrons. The van der Waals surface area contributed by atoms with Gasteiger partial charge in [-0.05, 0) is 13.6 Å². The summed E-state index contributed by atoms with van der Waals surface area (Å²) in [7, 11) is 1.54. The van der Waals surface area contributed by atoms with Crippen molar-refractivity contribution in [2.45, 2.75) is 0 Å². The Morgan fingerprint density at radius 1 is 1.71 bits per heavy atom. The molecule has 0 aromatic heterocycles. The maximum absolute atomic E-state index is 10.2. The third-order valence-corrected chi connectivity index (χ3v) is 0.933. The van der Waals surface area contributed by atoms with E-state index in [0.717, 1.165) is 5.06 Å². The highest BCUT2D eigenvalue weighted by Crippen LogP contribution is 2.15. The van der Waals surface area contributed by atoms with Gasteiger partial charge in [-0.25, -0.2) is 0 Å². The molecule has 0 fully saturated rings. The van der Waals surface area contributed by atoms with E-state index in [-0.39, 0.29) is 0 Å². The van der Waals surface area contributed by atoms with Crippen molar-refractivity contribution < 1.29 is 0 Å². The topological polar surface area (TPSA) is 26.3 Å². The van der Waals surface area contributed by atoms with Crippen LogP contribution in [0, 0.1) is 11.1 Å². The van der Waals surface area contributed by atoms with Crippen molar-refractivity contribution in [1.82, 2.24) is 5.06 Å². The van der Waals surface area contributed by atoms with Gasteiger partial charge in [-0.2, -0.15) is 0 Å². The van der Waals surface area contributed by atoms with Gasteiger partial charge in [0.15, 0.2) is 0 Å². The molecule has 40 valence electrons. The Balaban J connectivity index is 1.99. The minimum absolute atomic E-state index is 0.488. The number of hydrogen-bond acceptors (Lipinski definition) is 2. The van der Waals surface area contributed by atoms with Crippen molar-refractivity contribution in [2.75, 3.05) is 13.6 Å². The molecule has 0 saturated heterocycles. The molecule has 0 amide bonds. The molecule has 0 atom stereocenters. The molecule has 0 unspecified atom stereocenters. The number of rotatable bonds is 2. The molecule has 0 aromatic rings. The van der Waals surface area contributed by atoms with Crippen LogP contribution in [-0.4, -0.2) is 18.7 Å². The molecule has 1 aliphatic carbocycles. The molecule has 7 heavy (non-hydrogen) atoms. The molecule has 1 rings (SSSR count). The van der Waals surface area contributed by atoms with Crippen LogP contribution in [0.5, 0.6) is 0 Å². The zero-order valence-corrected chi connectivity index (χ0v) is 4.29. The van der Waals surface area contributed by atoms with Gasteiger partial charge in [0.1, 0.15) is 0 Å². The van der Waals surface area contributed by atoms with E-state index in [1.54, 1.807) is 7.05 Å². The fourth-order valence-corrected chi connectivity index (χ4v) is 0.497. The molecule has 0 heterocycles. The number of hydrogen-bond donors (Lipinski definition) is 0. The minimum atomic E-state index is 0.488. The second kappa shape index (κ2) is 1.64. The van der Waals surface area contributed by atoms with Crippen LogP contribution < -0.4 is 0 Å². The Kier molecular flexibility index (Phi) is 1.13. The van der Waals surface area contributed by atoms with Gasteiger partial charge >= 0.3 is 0 Å². The molecule has 1 aliphatic rings. The molecule has 2 nitrogen and oxygen atoms in total. The summed E-state index contributed by atoms with van der Waals surface area (Å²) in [4.78, 5) is 0. The average Bonchev–Trinajstić information content (AvgIpc) is 2.17. The van der Waals surface area contributed by atoms with Crippen molar-refractivity contribution in [3.05, 3.63) is 17.4 Å². The van der Waals surface area contributed by atoms with Gasteiger partial charge in [-0.15, -0.1) is 0 Å². The van der Waals surface area contributed by atoms with Gasteiger partial charge in [0, 0.05) is 5.92 Å². The fourth-order valence-electron chi connectivity index (χ4n) is 0.497. The Hall–Kier alpha value is -0.340. The normalized spacial score (nSPS) is 18.7. The Bertz CT molecular complexity index is 82.1. The molecular weight excluding hydrogens is 90.1 g/mol. The lowest BCUT2D eigenvalue weighted by Gasteiger charge is -2.20. The van der Waals surface area contributed by atoms with E-state index in [0.29, 0.717) is 12.5 Å². The van der Waals surface area contributed by atoms with E-state index in [1.165, 1.54) is 0 Å². The predicted octanol–water partition coefficient (Wildman–Crippen LogP) is 0.602. The maximum atomic E-state index is 10.2. The predicted molar refractivity (Wildman–Crippen MR) is 28.6 cm³/mol. The summed E-state index contributed by atoms with van der Waals surface area (Å²) in [5.41, 5.74) is 0. The second-order valence-electron chi connectivity index (χ2n) is 1.86. The molecule has 0 bridgehead atoms. The van der Waals surface area contributed by atoms with Gasteiger partial charge in [0.25, 0.3) is 0 Å². The molecule has 0 aromatic carbocycles. The third kappa shape index (κ3) is 1.71. The standard InChI is InChI=1S/C5H8NO/c1-6(7)4-5-2-3-5/h2-3,5H,4H2,1H3/q-1. The van der Waals surface area contributed by atoms with E-state index < -0.39 is 0 Å². The van der Waals surface area contributed by atoms with Gasteiger partial charge in [-0.3, -0.25) is 0 Å². The zero-order valence-electron chi connectivity index (χ0n) is 4.29. The summed E-state index contributed by atoms with van der Waals surface area (Å²) < 4.78 is 0. The summed E-state index contributed by atoms with van der Waals surface area (Å²) >= 11 is 0. The van der Waals surface area contributed by atoms with Crippen molar-refractivity contribution in [3.8, 4) is 0 Å². The van der Waals surface area contributed by atoms with E-state index >= 15 is 0 Å². The summed E-state index contributed by atoms with van der Waals surface area (Å²) in [5, 5.41) is 11.1. The van der Waals surface area contributed by atoms with Gasteiger partial charge in [0.2, 0.25) is 0 Å². The molecule has 2 heteroatoms. The zero-order chi connectivity index (χ0) is 5.28. The van der Waals surface area contributed by atoms with E-state index in [9.17, 15) is 5.21 Å². The Labute approximate surface area is 43.0 Å². The minimum Gasteiger partial charge on any atom is -0.785 e. The Morgan fingerprint density at radius 3 is 2.43 bits per heavy atom. The first kappa shape index (κ1) is 4.81. The SMILES string of the molecule is CN([O-])CC1C=C1. The molecule has 0 aliphatic heterocycles. The van der Waals surface area contributed by atoms with Gasteiger partial charge < -0.3 is 10.3 Å². The maximum Gasteiger partial charge on any atom is 0.00652 e. The lowest BCUT2D eigenvalue weighted by Crippen LogP contribution is -2.12. The van der Waals surface area contributed by atoms with Crippen molar-refractivity contribution in [3.63, 3.8) is 0 Å². The van der Waals surface area contributed by atoms with Crippen molar-refractivity contribution in [1.29, 1.82) is 0 Å². The summed E-state index contributed by atoms with van der Waals surface area (Å²) in [6.07, 6.45) is 4.04.